The number of halogens is 5. The normalized spacial score (nSPS) is 12.3. The van der Waals surface area contributed by atoms with Crippen molar-refractivity contribution in [3.8, 4) is 0 Å². The molecule has 0 heterocycles. The maximum absolute atomic E-state index is 13.5. The molecular weight excluding hydrogens is 327 g/mol. The summed E-state index contributed by atoms with van der Waals surface area (Å²) in [7, 11) is 0. The van der Waals surface area contributed by atoms with Gasteiger partial charge in [-0.1, -0.05) is 34.8 Å². The number of nitrogens with one attached hydrogen (secondary N) is 1. The Kier molecular flexibility index (Phi) is 4.74. The second kappa shape index (κ2) is 6.17. The molecule has 2 rings (SSSR count). The third-order valence-electron chi connectivity index (χ3n) is 2.81. The van der Waals surface area contributed by atoms with E-state index in [-0.39, 0.29) is 16.1 Å². The molecule has 2 aromatic rings. The Labute approximate surface area is 130 Å². The number of hydrogen-bond acceptors (Lipinski definition) is 1. The maximum atomic E-state index is 13.5. The van der Waals surface area contributed by atoms with Gasteiger partial charge in [-0.2, -0.15) is 0 Å². The molecule has 2 aromatic carbocycles. The Morgan fingerprint density at radius 2 is 1.55 bits per heavy atom. The lowest BCUT2D eigenvalue weighted by molar-refractivity contribution is 0.623. The van der Waals surface area contributed by atoms with Crippen molar-refractivity contribution in [2.24, 2.45) is 0 Å². The second-order valence-corrected chi connectivity index (χ2v) is 5.50. The van der Waals surface area contributed by atoms with Crippen LogP contribution in [0.4, 0.5) is 14.5 Å². The van der Waals surface area contributed by atoms with Crippen molar-refractivity contribution >= 4 is 40.5 Å². The Bertz CT molecular complexity index is 647. The van der Waals surface area contributed by atoms with Crippen LogP contribution in [0.3, 0.4) is 0 Å². The minimum absolute atomic E-state index is 0.0384. The van der Waals surface area contributed by atoms with Crippen LogP contribution in [0.15, 0.2) is 30.3 Å². The van der Waals surface area contributed by atoms with Gasteiger partial charge in [0.05, 0.1) is 16.1 Å². The number of anilines is 1. The van der Waals surface area contributed by atoms with Gasteiger partial charge in [0, 0.05) is 10.7 Å². The smallest absolute Gasteiger partial charge is 0.143 e. The molecule has 20 heavy (non-hydrogen) atoms. The molecule has 1 atom stereocenters. The minimum Gasteiger partial charge on any atom is -0.378 e. The van der Waals surface area contributed by atoms with E-state index in [0.29, 0.717) is 16.3 Å². The van der Waals surface area contributed by atoms with Crippen LogP contribution < -0.4 is 5.32 Å². The molecule has 0 aromatic heterocycles. The molecule has 106 valence electrons. The van der Waals surface area contributed by atoms with Crippen LogP contribution in [0.5, 0.6) is 0 Å². The van der Waals surface area contributed by atoms with Gasteiger partial charge in [0.2, 0.25) is 0 Å². The molecule has 0 saturated heterocycles. The minimum atomic E-state index is -0.554. The fraction of sp³-hybridized carbons (Fsp3) is 0.143. The summed E-state index contributed by atoms with van der Waals surface area (Å²) < 4.78 is 26.8. The average molecular weight is 337 g/mol. The van der Waals surface area contributed by atoms with Gasteiger partial charge < -0.3 is 5.32 Å². The van der Waals surface area contributed by atoms with E-state index in [1.165, 1.54) is 24.3 Å². The molecule has 6 heteroatoms. The van der Waals surface area contributed by atoms with Crippen molar-refractivity contribution in [3.05, 3.63) is 62.6 Å². The molecule has 0 bridgehead atoms. The summed E-state index contributed by atoms with van der Waals surface area (Å²) in [5.41, 5.74) is 1.05. The molecule has 0 saturated carbocycles. The summed E-state index contributed by atoms with van der Waals surface area (Å²) in [5, 5.41) is 3.36. The van der Waals surface area contributed by atoms with E-state index in [0.717, 1.165) is 0 Å². The van der Waals surface area contributed by atoms with Gasteiger partial charge in [-0.15, -0.1) is 0 Å². The van der Waals surface area contributed by atoms with Crippen LogP contribution in [-0.4, -0.2) is 0 Å². The van der Waals surface area contributed by atoms with Crippen LogP contribution in [0, 0.1) is 11.6 Å². The van der Waals surface area contributed by atoms with Crippen molar-refractivity contribution in [1.82, 2.24) is 0 Å². The zero-order valence-electron chi connectivity index (χ0n) is 10.4. The highest BCUT2D eigenvalue weighted by atomic mass is 35.5. The summed E-state index contributed by atoms with van der Waals surface area (Å²) in [5.74, 6) is -1.08. The first-order valence-electron chi connectivity index (χ1n) is 5.74. The molecule has 0 aliphatic heterocycles. The molecule has 0 aliphatic rings. The molecule has 1 nitrogen and oxygen atoms in total. The number of hydrogen-bond donors (Lipinski definition) is 1. The van der Waals surface area contributed by atoms with Crippen molar-refractivity contribution in [3.63, 3.8) is 0 Å². The first kappa shape index (κ1) is 15.4. The van der Waals surface area contributed by atoms with Gasteiger partial charge in [-0.25, -0.2) is 8.78 Å². The lowest BCUT2D eigenvalue weighted by Crippen LogP contribution is -2.08. The molecular formula is C14H10Cl3F2N. The third kappa shape index (κ3) is 3.35. The zero-order valence-corrected chi connectivity index (χ0v) is 12.6. The lowest BCUT2D eigenvalue weighted by atomic mass is 10.1. The summed E-state index contributed by atoms with van der Waals surface area (Å²) in [6, 6.07) is 6.61. The SMILES string of the molecule is CC(Nc1ccc(Cl)c(F)c1)c1cc(F)c(Cl)cc1Cl. The fourth-order valence-electron chi connectivity index (χ4n) is 1.78. The third-order valence-corrected chi connectivity index (χ3v) is 3.73. The first-order chi connectivity index (χ1) is 9.38. The highest BCUT2D eigenvalue weighted by Crippen LogP contribution is 2.31. The highest BCUT2D eigenvalue weighted by Gasteiger charge is 2.14. The van der Waals surface area contributed by atoms with Crippen molar-refractivity contribution in [2.45, 2.75) is 13.0 Å². The largest absolute Gasteiger partial charge is 0.378 e. The Morgan fingerprint density at radius 3 is 2.20 bits per heavy atom. The van der Waals surface area contributed by atoms with Crippen LogP contribution >= 0.6 is 34.8 Å². The Balaban J connectivity index is 2.25. The summed E-state index contributed by atoms with van der Waals surface area (Å²) in [6.45, 7) is 1.78. The van der Waals surface area contributed by atoms with E-state index < -0.39 is 11.6 Å². The highest BCUT2D eigenvalue weighted by molar-refractivity contribution is 6.35. The van der Waals surface area contributed by atoms with E-state index in [9.17, 15) is 8.78 Å². The lowest BCUT2D eigenvalue weighted by Gasteiger charge is -2.17. The van der Waals surface area contributed by atoms with Gasteiger partial charge in [0.1, 0.15) is 11.6 Å². The van der Waals surface area contributed by atoms with E-state index in [4.69, 9.17) is 34.8 Å². The van der Waals surface area contributed by atoms with E-state index in [1.807, 2.05) is 0 Å². The molecule has 0 spiro atoms. The van der Waals surface area contributed by atoms with Gasteiger partial charge in [0.15, 0.2) is 0 Å². The molecule has 0 radical (unpaired) electrons. The topological polar surface area (TPSA) is 12.0 Å². The fourth-order valence-corrected chi connectivity index (χ4v) is 2.45. The molecule has 1 N–H and O–H groups in total. The number of rotatable bonds is 3. The van der Waals surface area contributed by atoms with E-state index in [1.54, 1.807) is 13.0 Å². The quantitative estimate of drug-likeness (QED) is 0.668. The monoisotopic (exact) mass is 335 g/mol. The van der Waals surface area contributed by atoms with E-state index in [2.05, 4.69) is 5.32 Å². The van der Waals surface area contributed by atoms with Gasteiger partial charge in [-0.3, -0.25) is 0 Å². The van der Waals surface area contributed by atoms with Gasteiger partial charge >= 0.3 is 0 Å². The van der Waals surface area contributed by atoms with Crippen molar-refractivity contribution in [1.29, 1.82) is 0 Å². The van der Waals surface area contributed by atoms with Crippen LogP contribution in [-0.2, 0) is 0 Å². The predicted molar refractivity (Wildman–Crippen MR) is 79.9 cm³/mol. The van der Waals surface area contributed by atoms with Crippen LogP contribution in [0.25, 0.3) is 0 Å². The average Bonchev–Trinajstić information content (AvgIpc) is 2.38. The predicted octanol–water partition coefficient (Wildman–Crippen LogP) is 6.10. The van der Waals surface area contributed by atoms with Crippen LogP contribution in [0.1, 0.15) is 18.5 Å². The maximum Gasteiger partial charge on any atom is 0.143 e. The molecule has 0 aliphatic carbocycles. The van der Waals surface area contributed by atoms with Crippen molar-refractivity contribution in [2.75, 3.05) is 5.32 Å². The Morgan fingerprint density at radius 1 is 0.900 bits per heavy atom. The van der Waals surface area contributed by atoms with Gasteiger partial charge in [0.25, 0.3) is 0 Å². The summed E-state index contributed by atoms with van der Waals surface area (Å²) in [6.07, 6.45) is 0. The zero-order chi connectivity index (χ0) is 14.9. The summed E-state index contributed by atoms with van der Waals surface area (Å²) in [4.78, 5) is 0. The second-order valence-electron chi connectivity index (χ2n) is 4.28. The van der Waals surface area contributed by atoms with Crippen LogP contribution in [0.2, 0.25) is 15.1 Å². The Hall–Kier alpha value is -1.03. The number of benzene rings is 2. The van der Waals surface area contributed by atoms with E-state index >= 15 is 0 Å². The molecule has 1 unspecified atom stereocenters. The first-order valence-corrected chi connectivity index (χ1v) is 6.88. The molecule has 0 amide bonds. The van der Waals surface area contributed by atoms with Crippen molar-refractivity contribution < 1.29 is 8.78 Å². The standard InChI is InChI=1S/C14H10Cl3F2N/c1-7(9-5-14(19)12(17)6-11(9)16)20-8-2-3-10(15)13(18)4-8/h2-7,20H,1H3. The molecule has 0 fully saturated rings. The summed E-state index contributed by atoms with van der Waals surface area (Å²) >= 11 is 17.3. The van der Waals surface area contributed by atoms with Gasteiger partial charge in [-0.05, 0) is 42.8 Å².